The first-order valence-corrected chi connectivity index (χ1v) is 12.4. The molecule has 1 amide bonds. The number of aromatic nitrogens is 2. The van der Waals surface area contributed by atoms with Crippen molar-refractivity contribution in [3.05, 3.63) is 142 Å². The van der Waals surface area contributed by atoms with E-state index in [2.05, 4.69) is 5.32 Å². The molecule has 0 spiro atoms. The minimum Gasteiger partial charge on any atom is -0.497 e. The fraction of sp³-hybridized carbons (Fsp3) is 0.0968. The molecule has 1 unspecified atom stereocenters. The normalized spacial score (nSPS) is 11.5. The van der Waals surface area contributed by atoms with E-state index < -0.39 is 4.92 Å². The number of carbonyl (C=O) groups excluding carboxylic acids is 1. The lowest BCUT2D eigenvalue weighted by Crippen LogP contribution is -2.31. The van der Waals surface area contributed by atoms with Crippen LogP contribution in [0.1, 0.15) is 27.7 Å². The van der Waals surface area contributed by atoms with Crippen LogP contribution in [0.5, 0.6) is 5.75 Å². The lowest BCUT2D eigenvalue weighted by atomic mass is 9.98. The van der Waals surface area contributed by atoms with Crippen LogP contribution >= 0.6 is 0 Å². The standard InChI is InChI=1S/C31H26N4O4/c1-39-27-18-12-24(13-19-27)29-21-30(34(33-29)25-14-16-26(17-15-25)35(37)38)31(36)32-28(23-10-6-3-7-11-23)20-22-8-4-2-5-9-22/h2-19,21,28H,20H2,1H3,(H,32,36). The number of nitro groups is 1. The highest BCUT2D eigenvalue weighted by Crippen LogP contribution is 2.26. The van der Waals surface area contributed by atoms with Gasteiger partial charge in [-0.25, -0.2) is 4.68 Å². The van der Waals surface area contributed by atoms with Crippen molar-refractivity contribution in [2.24, 2.45) is 0 Å². The van der Waals surface area contributed by atoms with Gasteiger partial charge in [0.25, 0.3) is 11.6 Å². The van der Waals surface area contributed by atoms with E-state index in [1.54, 1.807) is 25.3 Å². The maximum absolute atomic E-state index is 13.8. The zero-order valence-corrected chi connectivity index (χ0v) is 21.2. The number of carbonyl (C=O) groups is 1. The number of ether oxygens (including phenoxy) is 1. The molecule has 39 heavy (non-hydrogen) atoms. The summed E-state index contributed by atoms with van der Waals surface area (Å²) in [6.45, 7) is 0. The van der Waals surface area contributed by atoms with Gasteiger partial charge in [0.1, 0.15) is 11.4 Å². The van der Waals surface area contributed by atoms with Gasteiger partial charge in [-0.3, -0.25) is 14.9 Å². The molecular weight excluding hydrogens is 492 g/mol. The minimum absolute atomic E-state index is 0.0423. The van der Waals surface area contributed by atoms with E-state index in [0.29, 0.717) is 29.2 Å². The predicted octanol–water partition coefficient (Wildman–Crippen LogP) is 6.17. The van der Waals surface area contributed by atoms with Crippen LogP contribution in [-0.2, 0) is 6.42 Å². The van der Waals surface area contributed by atoms with Crippen molar-refractivity contribution in [1.29, 1.82) is 0 Å². The topological polar surface area (TPSA) is 99.3 Å². The summed E-state index contributed by atoms with van der Waals surface area (Å²) in [5, 5.41) is 19.1. The van der Waals surface area contributed by atoms with Crippen LogP contribution in [0.25, 0.3) is 16.9 Å². The van der Waals surface area contributed by atoms with Crippen LogP contribution < -0.4 is 10.1 Å². The van der Waals surface area contributed by atoms with Gasteiger partial charge < -0.3 is 10.1 Å². The Hall–Kier alpha value is -5.24. The summed E-state index contributed by atoms with van der Waals surface area (Å²) in [6, 6.07) is 34.6. The number of hydrogen-bond acceptors (Lipinski definition) is 5. The van der Waals surface area contributed by atoms with E-state index in [1.807, 2.05) is 84.9 Å². The maximum atomic E-state index is 13.8. The second kappa shape index (κ2) is 11.4. The van der Waals surface area contributed by atoms with Gasteiger partial charge >= 0.3 is 0 Å². The van der Waals surface area contributed by atoms with Crippen molar-refractivity contribution >= 4 is 11.6 Å². The molecule has 5 aromatic rings. The van der Waals surface area contributed by atoms with E-state index in [0.717, 1.165) is 16.7 Å². The molecule has 1 aromatic heterocycles. The summed E-state index contributed by atoms with van der Waals surface area (Å²) in [4.78, 5) is 24.6. The van der Waals surface area contributed by atoms with Crippen LogP contribution in [0.15, 0.2) is 115 Å². The van der Waals surface area contributed by atoms with Crippen molar-refractivity contribution in [3.63, 3.8) is 0 Å². The van der Waals surface area contributed by atoms with Gasteiger partial charge in [-0.05, 0) is 60.0 Å². The summed E-state index contributed by atoms with van der Waals surface area (Å²) in [6.07, 6.45) is 0.605. The van der Waals surface area contributed by atoms with Crippen LogP contribution in [0, 0.1) is 10.1 Å². The number of hydrogen-bond donors (Lipinski definition) is 1. The minimum atomic E-state index is -0.461. The highest BCUT2D eigenvalue weighted by atomic mass is 16.6. The van der Waals surface area contributed by atoms with Gasteiger partial charge in [0.2, 0.25) is 0 Å². The van der Waals surface area contributed by atoms with Gasteiger partial charge in [-0.2, -0.15) is 5.10 Å². The van der Waals surface area contributed by atoms with Crippen molar-refractivity contribution < 1.29 is 14.5 Å². The largest absolute Gasteiger partial charge is 0.497 e. The van der Waals surface area contributed by atoms with Gasteiger partial charge in [-0.1, -0.05) is 60.7 Å². The molecule has 0 saturated heterocycles. The van der Waals surface area contributed by atoms with E-state index in [1.165, 1.54) is 16.8 Å². The Morgan fingerprint density at radius 2 is 1.56 bits per heavy atom. The number of nitro benzene ring substituents is 1. The molecule has 5 rings (SSSR count). The Morgan fingerprint density at radius 3 is 2.18 bits per heavy atom. The summed E-state index contributed by atoms with van der Waals surface area (Å²) in [7, 11) is 1.60. The zero-order valence-electron chi connectivity index (χ0n) is 21.2. The fourth-order valence-corrected chi connectivity index (χ4v) is 4.38. The molecule has 8 nitrogen and oxygen atoms in total. The Morgan fingerprint density at radius 1 is 0.923 bits per heavy atom. The lowest BCUT2D eigenvalue weighted by Gasteiger charge is -2.20. The van der Waals surface area contributed by atoms with Crippen molar-refractivity contribution in [3.8, 4) is 22.7 Å². The number of benzene rings is 4. The third kappa shape index (κ3) is 5.86. The van der Waals surface area contributed by atoms with Gasteiger partial charge in [0.15, 0.2) is 0 Å². The summed E-state index contributed by atoms with van der Waals surface area (Å²) in [5.41, 5.74) is 4.25. The number of nitrogens with one attached hydrogen (secondary N) is 1. The average molecular weight is 519 g/mol. The molecule has 194 valence electrons. The Bertz CT molecular complexity index is 1570. The molecule has 0 aliphatic rings. The zero-order chi connectivity index (χ0) is 27.2. The van der Waals surface area contributed by atoms with Gasteiger partial charge in [-0.15, -0.1) is 0 Å². The lowest BCUT2D eigenvalue weighted by molar-refractivity contribution is -0.384. The predicted molar refractivity (Wildman–Crippen MR) is 149 cm³/mol. The van der Waals surface area contributed by atoms with Crippen LogP contribution in [0.2, 0.25) is 0 Å². The van der Waals surface area contributed by atoms with Crippen LogP contribution in [0.4, 0.5) is 5.69 Å². The third-order valence-electron chi connectivity index (χ3n) is 6.42. The summed E-state index contributed by atoms with van der Waals surface area (Å²) < 4.78 is 6.78. The Labute approximate surface area is 225 Å². The average Bonchev–Trinajstić information content (AvgIpc) is 3.44. The van der Waals surface area contributed by atoms with E-state index in [-0.39, 0.29) is 17.6 Å². The van der Waals surface area contributed by atoms with Gasteiger partial charge in [0.05, 0.1) is 29.5 Å². The molecule has 1 atom stereocenters. The second-order valence-electron chi connectivity index (χ2n) is 8.96. The molecule has 0 saturated carbocycles. The maximum Gasteiger partial charge on any atom is 0.270 e. The first-order valence-electron chi connectivity index (χ1n) is 12.4. The molecule has 0 bridgehead atoms. The molecule has 1 heterocycles. The van der Waals surface area contributed by atoms with Crippen molar-refractivity contribution in [1.82, 2.24) is 15.1 Å². The number of rotatable bonds is 9. The molecule has 0 aliphatic heterocycles. The van der Waals surface area contributed by atoms with E-state index in [4.69, 9.17) is 9.84 Å². The van der Waals surface area contributed by atoms with E-state index in [9.17, 15) is 14.9 Å². The number of methoxy groups -OCH3 is 1. The molecule has 0 aliphatic carbocycles. The Kier molecular flexibility index (Phi) is 7.45. The van der Waals surface area contributed by atoms with E-state index >= 15 is 0 Å². The fourth-order valence-electron chi connectivity index (χ4n) is 4.38. The first-order chi connectivity index (χ1) is 19.0. The Balaban J connectivity index is 1.53. The number of amides is 1. The molecule has 4 aromatic carbocycles. The number of nitrogens with zero attached hydrogens (tertiary/aromatic N) is 3. The van der Waals surface area contributed by atoms with Crippen molar-refractivity contribution in [2.45, 2.75) is 12.5 Å². The van der Waals surface area contributed by atoms with Crippen LogP contribution in [-0.4, -0.2) is 27.7 Å². The molecule has 1 N–H and O–H groups in total. The quantitative estimate of drug-likeness (QED) is 0.186. The third-order valence-corrected chi connectivity index (χ3v) is 6.42. The van der Waals surface area contributed by atoms with Crippen molar-refractivity contribution in [2.75, 3.05) is 7.11 Å². The van der Waals surface area contributed by atoms with Crippen LogP contribution in [0.3, 0.4) is 0 Å². The summed E-state index contributed by atoms with van der Waals surface area (Å²) in [5.74, 6) is 0.392. The smallest absolute Gasteiger partial charge is 0.270 e. The van der Waals surface area contributed by atoms with Gasteiger partial charge in [0, 0.05) is 17.7 Å². The second-order valence-corrected chi connectivity index (χ2v) is 8.96. The first kappa shape index (κ1) is 25.4. The number of non-ortho nitro benzene ring substituents is 1. The highest BCUT2D eigenvalue weighted by molar-refractivity contribution is 5.94. The molecule has 8 heteroatoms. The molecule has 0 radical (unpaired) electrons. The highest BCUT2D eigenvalue weighted by Gasteiger charge is 2.22. The monoisotopic (exact) mass is 518 g/mol. The summed E-state index contributed by atoms with van der Waals surface area (Å²) >= 11 is 0. The SMILES string of the molecule is COc1ccc(-c2cc(C(=O)NC(Cc3ccccc3)c3ccccc3)n(-c3ccc([N+](=O)[O-])cc3)n2)cc1. The molecule has 0 fully saturated rings. The molecular formula is C31H26N4O4.